The van der Waals surface area contributed by atoms with E-state index < -0.39 is 10.0 Å². The molecule has 0 amide bonds. The number of ether oxygens (including phenoxy) is 1. The van der Waals surface area contributed by atoms with E-state index in [9.17, 15) is 13.5 Å². The maximum Gasteiger partial charge on any atom is 0.240 e. The molecule has 1 fully saturated rings. The van der Waals surface area contributed by atoms with E-state index in [2.05, 4.69) is 4.72 Å². The molecular formula is C13H19NO4S3. The van der Waals surface area contributed by atoms with E-state index in [1.807, 2.05) is 11.8 Å². The van der Waals surface area contributed by atoms with Gasteiger partial charge in [-0.3, -0.25) is 0 Å². The van der Waals surface area contributed by atoms with Crippen LogP contribution >= 0.6 is 23.5 Å². The molecule has 0 aromatic heterocycles. The van der Waals surface area contributed by atoms with Crippen LogP contribution in [0.5, 0.6) is 5.75 Å². The Kier molecular flexibility index (Phi) is 6.24. The van der Waals surface area contributed by atoms with Crippen molar-refractivity contribution in [3.05, 3.63) is 23.8 Å². The van der Waals surface area contributed by atoms with Crippen molar-refractivity contribution < 1.29 is 18.3 Å². The second kappa shape index (κ2) is 7.73. The molecule has 0 spiro atoms. The van der Waals surface area contributed by atoms with Gasteiger partial charge in [-0.2, -0.15) is 23.5 Å². The first-order valence-corrected chi connectivity index (χ1v) is 10.2. The van der Waals surface area contributed by atoms with Crippen molar-refractivity contribution in [2.24, 2.45) is 0 Å². The normalized spacial score (nSPS) is 19.4. The quantitative estimate of drug-likeness (QED) is 0.807. The number of hydrogen-bond donors (Lipinski definition) is 2. The number of aliphatic hydroxyl groups excluding tert-OH is 1. The molecule has 1 saturated heterocycles. The fourth-order valence-corrected chi connectivity index (χ4v) is 5.84. The Morgan fingerprint density at radius 2 is 2.24 bits per heavy atom. The second-order valence-corrected chi connectivity index (χ2v) is 8.88. The van der Waals surface area contributed by atoms with Gasteiger partial charge < -0.3 is 9.84 Å². The van der Waals surface area contributed by atoms with Crippen molar-refractivity contribution in [3.63, 3.8) is 0 Å². The Morgan fingerprint density at radius 1 is 1.43 bits per heavy atom. The van der Waals surface area contributed by atoms with Crippen molar-refractivity contribution in [3.8, 4) is 5.75 Å². The summed E-state index contributed by atoms with van der Waals surface area (Å²) in [6.45, 7) is 0.169. The van der Waals surface area contributed by atoms with E-state index in [1.54, 1.807) is 17.8 Å². The summed E-state index contributed by atoms with van der Waals surface area (Å²) in [4.78, 5) is 0.154. The summed E-state index contributed by atoms with van der Waals surface area (Å²) >= 11 is 3.66. The van der Waals surface area contributed by atoms with Crippen LogP contribution in [0.25, 0.3) is 0 Å². The Balaban J connectivity index is 2.07. The molecule has 0 saturated carbocycles. The van der Waals surface area contributed by atoms with Crippen molar-refractivity contribution in [2.75, 3.05) is 30.9 Å². The highest BCUT2D eigenvalue weighted by molar-refractivity contribution is 8.06. The number of nitrogens with one attached hydrogen (secondary N) is 1. The molecule has 0 aliphatic carbocycles. The Morgan fingerprint density at radius 3 is 2.86 bits per heavy atom. The van der Waals surface area contributed by atoms with Gasteiger partial charge >= 0.3 is 0 Å². The molecule has 2 N–H and O–H groups in total. The molecule has 2 rings (SSSR count). The predicted octanol–water partition coefficient (Wildman–Crippen LogP) is 1.31. The van der Waals surface area contributed by atoms with Gasteiger partial charge in [-0.15, -0.1) is 0 Å². The van der Waals surface area contributed by atoms with Gasteiger partial charge in [0, 0.05) is 34.6 Å². The van der Waals surface area contributed by atoms with Crippen molar-refractivity contribution in [1.82, 2.24) is 4.72 Å². The standard InChI is InChI=1S/C13H19NO4S3/c1-18-13-3-2-12(6-10(13)8-15)21(16,17)14-7-11-9-19-4-5-20-11/h2-3,6,11,14-15H,4-5,7-9H2,1H3. The van der Waals surface area contributed by atoms with Crippen LogP contribution in [0.2, 0.25) is 0 Å². The van der Waals surface area contributed by atoms with Crippen LogP contribution in [0.3, 0.4) is 0 Å². The lowest BCUT2D eigenvalue weighted by atomic mass is 10.2. The topological polar surface area (TPSA) is 75.6 Å². The first-order chi connectivity index (χ1) is 10.1. The van der Waals surface area contributed by atoms with E-state index >= 15 is 0 Å². The smallest absolute Gasteiger partial charge is 0.240 e. The number of sulfonamides is 1. The average Bonchev–Trinajstić information content (AvgIpc) is 2.53. The molecule has 1 heterocycles. The van der Waals surface area contributed by atoms with Crippen molar-refractivity contribution in [1.29, 1.82) is 0 Å². The lowest BCUT2D eigenvalue weighted by Crippen LogP contribution is -2.33. The summed E-state index contributed by atoms with van der Waals surface area (Å²) in [5.41, 5.74) is 0.461. The summed E-state index contributed by atoms with van der Waals surface area (Å²) in [6, 6.07) is 4.50. The molecule has 1 aliphatic rings. The van der Waals surface area contributed by atoms with Gasteiger partial charge in [-0.1, -0.05) is 0 Å². The number of methoxy groups -OCH3 is 1. The zero-order valence-corrected chi connectivity index (χ0v) is 14.2. The summed E-state index contributed by atoms with van der Waals surface area (Å²) in [5, 5.41) is 9.59. The fourth-order valence-electron chi connectivity index (χ4n) is 1.99. The third-order valence-electron chi connectivity index (χ3n) is 3.12. The largest absolute Gasteiger partial charge is 0.496 e. The molecule has 21 heavy (non-hydrogen) atoms. The zero-order valence-electron chi connectivity index (χ0n) is 11.7. The van der Waals surface area contributed by atoms with Gasteiger partial charge in [0.25, 0.3) is 0 Å². The number of thioether (sulfide) groups is 2. The third kappa shape index (κ3) is 4.53. The maximum absolute atomic E-state index is 12.3. The van der Waals surface area contributed by atoms with Gasteiger partial charge in [-0.05, 0) is 18.2 Å². The van der Waals surface area contributed by atoms with E-state index in [0.717, 1.165) is 17.3 Å². The SMILES string of the molecule is COc1ccc(S(=O)(=O)NCC2CSCCS2)cc1CO. The molecule has 1 aromatic carbocycles. The third-order valence-corrected chi connectivity index (χ3v) is 7.38. The molecule has 8 heteroatoms. The highest BCUT2D eigenvalue weighted by Crippen LogP contribution is 2.25. The summed E-state index contributed by atoms with van der Waals surface area (Å²) < 4.78 is 32.3. The number of aliphatic hydroxyl groups is 1. The van der Waals surface area contributed by atoms with Gasteiger partial charge in [0.2, 0.25) is 10.0 Å². The first-order valence-electron chi connectivity index (χ1n) is 6.53. The van der Waals surface area contributed by atoms with Crippen LogP contribution in [-0.2, 0) is 16.6 Å². The molecule has 0 radical (unpaired) electrons. The lowest BCUT2D eigenvalue weighted by molar-refractivity contribution is 0.273. The molecule has 0 bridgehead atoms. The number of rotatable bonds is 6. The molecular weight excluding hydrogens is 330 g/mol. The molecule has 1 aromatic rings. The first kappa shape index (κ1) is 17.0. The van der Waals surface area contributed by atoms with Crippen LogP contribution in [0.15, 0.2) is 23.1 Å². The fraction of sp³-hybridized carbons (Fsp3) is 0.538. The summed E-state index contributed by atoms with van der Waals surface area (Å²) in [5.74, 6) is 3.65. The van der Waals surface area contributed by atoms with E-state index in [-0.39, 0.29) is 11.5 Å². The van der Waals surface area contributed by atoms with Crippen molar-refractivity contribution in [2.45, 2.75) is 16.8 Å². The Bertz CT molecular complexity index is 571. The summed E-state index contributed by atoms with van der Waals surface area (Å²) in [6.07, 6.45) is 0. The van der Waals surface area contributed by atoms with Crippen LogP contribution in [0.1, 0.15) is 5.56 Å². The average molecular weight is 349 g/mol. The lowest BCUT2D eigenvalue weighted by Gasteiger charge is -2.21. The van der Waals surface area contributed by atoms with Gasteiger partial charge in [0.05, 0.1) is 18.6 Å². The number of benzene rings is 1. The van der Waals surface area contributed by atoms with Crippen molar-refractivity contribution >= 4 is 33.5 Å². The van der Waals surface area contributed by atoms with E-state index in [4.69, 9.17) is 4.74 Å². The molecule has 1 unspecified atom stereocenters. The predicted molar refractivity (Wildman–Crippen MR) is 87.7 cm³/mol. The van der Waals surface area contributed by atoms with Gasteiger partial charge in [0.1, 0.15) is 5.75 Å². The number of hydrogen-bond acceptors (Lipinski definition) is 6. The molecule has 5 nitrogen and oxygen atoms in total. The van der Waals surface area contributed by atoms with Crippen LogP contribution in [0.4, 0.5) is 0 Å². The monoisotopic (exact) mass is 349 g/mol. The summed E-state index contributed by atoms with van der Waals surface area (Å²) in [7, 11) is -2.07. The molecule has 1 aliphatic heterocycles. The highest BCUT2D eigenvalue weighted by atomic mass is 32.2. The maximum atomic E-state index is 12.3. The van der Waals surface area contributed by atoms with E-state index in [0.29, 0.717) is 23.1 Å². The minimum atomic E-state index is -3.56. The van der Waals surface area contributed by atoms with Crippen LogP contribution < -0.4 is 9.46 Å². The zero-order chi connectivity index (χ0) is 15.3. The molecule has 1 atom stereocenters. The van der Waals surface area contributed by atoms with E-state index in [1.165, 1.54) is 19.2 Å². The minimum Gasteiger partial charge on any atom is -0.496 e. The second-order valence-electron chi connectivity index (χ2n) is 4.55. The Hall–Kier alpha value is -0.410. The van der Waals surface area contributed by atoms with Crippen LogP contribution in [0, 0.1) is 0 Å². The highest BCUT2D eigenvalue weighted by Gasteiger charge is 2.20. The minimum absolute atomic E-state index is 0.154. The van der Waals surface area contributed by atoms with Crippen LogP contribution in [-0.4, -0.2) is 49.7 Å². The van der Waals surface area contributed by atoms with Gasteiger partial charge in [-0.25, -0.2) is 13.1 Å². The van der Waals surface area contributed by atoms with Gasteiger partial charge in [0.15, 0.2) is 0 Å². The molecule has 118 valence electrons. The Labute approximate surface area is 133 Å².